The Hall–Kier alpha value is -2.16. The molecule has 2 aromatic rings. The third-order valence-corrected chi connectivity index (χ3v) is 4.35. The first-order valence-corrected chi connectivity index (χ1v) is 7.72. The molecule has 2 nitrogen and oxygen atoms in total. The maximum Gasteiger partial charge on any atom is 0.224 e. The van der Waals surface area contributed by atoms with Gasteiger partial charge in [-0.05, 0) is 41.5 Å². The van der Waals surface area contributed by atoms with E-state index >= 15 is 0 Å². The van der Waals surface area contributed by atoms with E-state index in [9.17, 15) is 9.18 Å². The Morgan fingerprint density at radius 1 is 1.18 bits per heavy atom. The number of carbonyl (C=O) groups excluding carboxylic acids is 1. The molecule has 1 aliphatic rings. The minimum absolute atomic E-state index is 0.0143. The van der Waals surface area contributed by atoms with Crippen LogP contribution in [0.25, 0.3) is 0 Å². The third-order valence-electron chi connectivity index (χ3n) is 4.35. The number of benzene rings is 2. The first kappa shape index (κ1) is 14.8. The summed E-state index contributed by atoms with van der Waals surface area (Å²) in [5.41, 5.74) is 1.99. The molecule has 1 amide bonds. The Balaban J connectivity index is 1.68. The first-order valence-electron chi connectivity index (χ1n) is 7.72. The third kappa shape index (κ3) is 3.53. The maximum absolute atomic E-state index is 12.9. The van der Waals surface area contributed by atoms with Gasteiger partial charge in [0.2, 0.25) is 5.91 Å². The molecule has 1 N–H and O–H groups in total. The van der Waals surface area contributed by atoms with Gasteiger partial charge in [-0.2, -0.15) is 0 Å². The lowest BCUT2D eigenvalue weighted by atomic mass is 10.0. The number of rotatable bonds is 5. The van der Waals surface area contributed by atoms with Gasteiger partial charge in [0.25, 0.3) is 0 Å². The Labute approximate surface area is 130 Å². The van der Waals surface area contributed by atoms with E-state index in [2.05, 4.69) is 24.4 Å². The lowest BCUT2D eigenvalue weighted by Gasteiger charge is -2.19. The van der Waals surface area contributed by atoms with Gasteiger partial charge in [-0.25, -0.2) is 4.39 Å². The van der Waals surface area contributed by atoms with Crippen LogP contribution in [0.5, 0.6) is 0 Å². The van der Waals surface area contributed by atoms with Crippen LogP contribution in [0.3, 0.4) is 0 Å². The van der Waals surface area contributed by atoms with E-state index in [0.717, 1.165) is 17.5 Å². The van der Waals surface area contributed by atoms with Gasteiger partial charge in [0.1, 0.15) is 5.82 Å². The lowest BCUT2D eigenvalue weighted by Crippen LogP contribution is -2.31. The van der Waals surface area contributed by atoms with Crippen LogP contribution in [0.15, 0.2) is 54.6 Å². The molecule has 0 spiro atoms. The van der Waals surface area contributed by atoms with Crippen LogP contribution in [-0.2, 0) is 11.2 Å². The zero-order chi connectivity index (χ0) is 15.5. The number of nitrogens with one attached hydrogen (secondary N) is 1. The van der Waals surface area contributed by atoms with E-state index in [-0.39, 0.29) is 24.2 Å². The zero-order valence-electron chi connectivity index (χ0n) is 12.6. The largest absolute Gasteiger partial charge is 0.349 e. The smallest absolute Gasteiger partial charge is 0.224 e. The van der Waals surface area contributed by atoms with Gasteiger partial charge >= 0.3 is 0 Å². The summed E-state index contributed by atoms with van der Waals surface area (Å²) >= 11 is 0. The number of amides is 1. The monoisotopic (exact) mass is 297 g/mol. The Kier molecular flexibility index (Phi) is 4.23. The number of carbonyl (C=O) groups is 1. The molecule has 22 heavy (non-hydrogen) atoms. The summed E-state index contributed by atoms with van der Waals surface area (Å²) < 4.78 is 12.9. The first-order chi connectivity index (χ1) is 10.6. The van der Waals surface area contributed by atoms with E-state index in [1.54, 1.807) is 12.1 Å². The van der Waals surface area contributed by atoms with Crippen molar-refractivity contribution in [2.45, 2.75) is 25.8 Å². The second-order valence-corrected chi connectivity index (χ2v) is 6.14. The number of hydrogen-bond donors (Lipinski definition) is 1. The summed E-state index contributed by atoms with van der Waals surface area (Å²) in [6, 6.07) is 16.3. The predicted octanol–water partition coefficient (Wildman–Crippen LogP) is 3.88. The van der Waals surface area contributed by atoms with E-state index in [1.165, 1.54) is 12.1 Å². The van der Waals surface area contributed by atoms with Crippen molar-refractivity contribution >= 4 is 5.91 Å². The Bertz CT molecular complexity index is 638. The fourth-order valence-corrected chi connectivity index (χ4v) is 2.93. The fourth-order valence-electron chi connectivity index (χ4n) is 2.93. The predicted molar refractivity (Wildman–Crippen MR) is 84.7 cm³/mol. The molecule has 3 unspecified atom stereocenters. The highest BCUT2D eigenvalue weighted by Gasteiger charge is 2.40. The summed E-state index contributed by atoms with van der Waals surface area (Å²) in [6.07, 6.45) is 1.43. The molecule has 0 aliphatic heterocycles. The molecule has 0 bridgehead atoms. The van der Waals surface area contributed by atoms with Crippen molar-refractivity contribution in [3.05, 3.63) is 71.5 Å². The summed E-state index contributed by atoms with van der Waals surface area (Å²) in [5.74, 6) is 0.869. The van der Waals surface area contributed by atoms with Crippen molar-refractivity contribution in [3.8, 4) is 0 Å². The van der Waals surface area contributed by atoms with Crippen LogP contribution in [0.1, 0.15) is 30.5 Å². The van der Waals surface area contributed by atoms with Gasteiger partial charge in [-0.15, -0.1) is 0 Å². The fraction of sp³-hybridized carbons (Fsp3) is 0.316. The molecule has 1 saturated carbocycles. The standard InChI is InChI=1S/C19H20FNO/c1-13-11-17(13)19(15-5-3-2-4-6-15)21-18(22)12-14-7-9-16(20)10-8-14/h2-10,13,17,19H,11-12H2,1H3,(H,21,22). The van der Waals surface area contributed by atoms with Crippen LogP contribution in [-0.4, -0.2) is 5.91 Å². The normalized spacial score (nSPS) is 21.2. The summed E-state index contributed by atoms with van der Waals surface area (Å²) in [7, 11) is 0. The second-order valence-electron chi connectivity index (χ2n) is 6.14. The molecular weight excluding hydrogens is 277 g/mol. The molecular formula is C19H20FNO. The molecule has 0 aromatic heterocycles. The lowest BCUT2D eigenvalue weighted by molar-refractivity contribution is -0.121. The molecule has 3 rings (SSSR count). The van der Waals surface area contributed by atoms with E-state index < -0.39 is 0 Å². The zero-order valence-corrected chi connectivity index (χ0v) is 12.6. The molecule has 0 heterocycles. The molecule has 1 fully saturated rings. The van der Waals surface area contributed by atoms with Gasteiger partial charge in [0.05, 0.1) is 12.5 Å². The molecule has 0 radical (unpaired) electrons. The van der Waals surface area contributed by atoms with Crippen molar-refractivity contribution in [3.63, 3.8) is 0 Å². The molecule has 114 valence electrons. The molecule has 3 atom stereocenters. The Morgan fingerprint density at radius 2 is 1.82 bits per heavy atom. The van der Waals surface area contributed by atoms with Crippen LogP contribution >= 0.6 is 0 Å². The second kappa shape index (κ2) is 6.30. The quantitative estimate of drug-likeness (QED) is 0.891. The summed E-state index contributed by atoms with van der Waals surface area (Å²) in [4.78, 5) is 12.3. The number of halogens is 1. The highest BCUT2D eigenvalue weighted by molar-refractivity contribution is 5.79. The van der Waals surface area contributed by atoms with Gasteiger partial charge in [0, 0.05) is 0 Å². The average molecular weight is 297 g/mol. The maximum atomic E-state index is 12.9. The van der Waals surface area contributed by atoms with Crippen molar-refractivity contribution in [2.75, 3.05) is 0 Å². The molecule has 3 heteroatoms. The molecule has 2 aromatic carbocycles. The van der Waals surface area contributed by atoms with Crippen LogP contribution in [0, 0.1) is 17.7 Å². The minimum atomic E-state index is -0.280. The summed E-state index contributed by atoms with van der Waals surface area (Å²) in [5, 5.41) is 3.16. The van der Waals surface area contributed by atoms with Gasteiger partial charge < -0.3 is 5.32 Å². The van der Waals surface area contributed by atoms with E-state index in [0.29, 0.717) is 11.8 Å². The van der Waals surface area contributed by atoms with Gasteiger partial charge in [-0.3, -0.25) is 4.79 Å². The molecule has 1 aliphatic carbocycles. The van der Waals surface area contributed by atoms with Crippen LogP contribution in [0.2, 0.25) is 0 Å². The van der Waals surface area contributed by atoms with Crippen molar-refractivity contribution in [1.82, 2.24) is 5.32 Å². The highest BCUT2D eigenvalue weighted by Crippen LogP contribution is 2.46. The molecule has 0 saturated heterocycles. The van der Waals surface area contributed by atoms with Gasteiger partial charge in [0.15, 0.2) is 0 Å². The topological polar surface area (TPSA) is 29.1 Å². The Morgan fingerprint density at radius 3 is 2.41 bits per heavy atom. The number of hydrogen-bond acceptors (Lipinski definition) is 1. The minimum Gasteiger partial charge on any atom is -0.349 e. The van der Waals surface area contributed by atoms with Crippen LogP contribution < -0.4 is 5.32 Å². The van der Waals surface area contributed by atoms with Crippen molar-refractivity contribution in [2.24, 2.45) is 11.8 Å². The van der Waals surface area contributed by atoms with E-state index in [4.69, 9.17) is 0 Å². The average Bonchev–Trinajstić information content (AvgIpc) is 3.25. The van der Waals surface area contributed by atoms with Crippen molar-refractivity contribution < 1.29 is 9.18 Å². The van der Waals surface area contributed by atoms with Crippen LogP contribution in [0.4, 0.5) is 4.39 Å². The SMILES string of the molecule is CC1CC1C(NC(=O)Cc1ccc(F)cc1)c1ccccc1. The van der Waals surface area contributed by atoms with E-state index in [1.807, 2.05) is 18.2 Å². The summed E-state index contributed by atoms with van der Waals surface area (Å²) in [6.45, 7) is 2.22. The van der Waals surface area contributed by atoms with Crippen molar-refractivity contribution in [1.29, 1.82) is 0 Å². The highest BCUT2D eigenvalue weighted by atomic mass is 19.1. The van der Waals surface area contributed by atoms with Gasteiger partial charge in [-0.1, -0.05) is 49.4 Å².